The number of imidazole rings is 1. The maximum absolute atomic E-state index is 15.7. The number of thiol groups is 2. The van der Waals surface area contributed by atoms with Gasteiger partial charge in [-0.25, -0.2) is 23.9 Å². The number of aliphatic hydroxyl groups is 1. The number of hydrogen-bond donors (Lipinski definition) is 6. The summed E-state index contributed by atoms with van der Waals surface area (Å²) < 4.78 is 72.4. The number of aliphatic hydroxyl groups excluding tert-OH is 1. The maximum atomic E-state index is 15.7. The molecule has 25 heteroatoms. The van der Waals surface area contributed by atoms with Gasteiger partial charge in [-0.2, -0.15) is 9.67 Å². The van der Waals surface area contributed by atoms with Gasteiger partial charge in [0.05, 0.1) is 12.4 Å². The summed E-state index contributed by atoms with van der Waals surface area (Å²) in [6.45, 7) is -5.76. The van der Waals surface area contributed by atoms with Crippen LogP contribution in [0.2, 0.25) is 0 Å². The fraction of sp³-hybridized carbons (Fsp3) is 0.500. The van der Waals surface area contributed by atoms with Crippen molar-refractivity contribution in [2.75, 3.05) is 24.7 Å². The Kier molecular flexibility index (Phi) is 9.36. The molecule has 9 atom stereocenters. The number of nitrogens with zero attached hydrogens (tertiary/aromatic N) is 8. The number of aromatic nitrogens is 9. The molecule has 0 bridgehead atoms. The van der Waals surface area contributed by atoms with Gasteiger partial charge in [-0.05, 0) is 6.42 Å². The van der Waals surface area contributed by atoms with Crippen molar-refractivity contribution in [3.63, 3.8) is 0 Å². The van der Waals surface area contributed by atoms with E-state index in [0.717, 1.165) is 4.68 Å². The van der Waals surface area contributed by atoms with Crippen molar-refractivity contribution in [1.82, 2.24) is 44.5 Å². The predicted octanol–water partition coefficient (Wildman–Crippen LogP) is 0.572. The number of anilines is 2. The summed E-state index contributed by atoms with van der Waals surface area (Å²) in [6.07, 6.45) is -0.315. The Morgan fingerprint density at radius 2 is 2.11 bits per heavy atom. The number of alkyl halides is 1. The van der Waals surface area contributed by atoms with Crippen molar-refractivity contribution in [1.29, 1.82) is 0 Å². The van der Waals surface area contributed by atoms with E-state index in [1.54, 1.807) is 0 Å². The molecule has 2 unspecified atom stereocenters. The van der Waals surface area contributed by atoms with Crippen LogP contribution in [0.15, 0.2) is 17.4 Å². The van der Waals surface area contributed by atoms with E-state index in [4.69, 9.17) is 40.9 Å². The van der Waals surface area contributed by atoms with Crippen molar-refractivity contribution >= 4 is 72.6 Å². The Morgan fingerprint density at radius 1 is 1.32 bits per heavy atom. The molecule has 4 aromatic rings. The van der Waals surface area contributed by atoms with Gasteiger partial charge in [-0.15, -0.1) is 11.5 Å². The van der Waals surface area contributed by atoms with Crippen LogP contribution in [-0.4, -0.2) is 92.9 Å². The molecule has 0 spiro atoms. The van der Waals surface area contributed by atoms with Crippen molar-refractivity contribution < 1.29 is 41.7 Å². The summed E-state index contributed by atoms with van der Waals surface area (Å²) in [4.78, 5) is 30.8. The molecule has 0 aliphatic carbocycles. The number of rotatable bonds is 11. The normalized spacial score (nSPS) is 29.7. The second-order valence-corrected chi connectivity index (χ2v) is 15.0. The van der Waals surface area contributed by atoms with Gasteiger partial charge in [0.2, 0.25) is 13.2 Å². The quantitative estimate of drug-likeness (QED) is 0.0698. The van der Waals surface area contributed by atoms with Crippen LogP contribution in [0, 0.1) is 12.3 Å². The summed E-state index contributed by atoms with van der Waals surface area (Å²) in [5.41, 5.74) is 9.13. The fourth-order valence-corrected chi connectivity index (χ4v) is 7.66. The van der Waals surface area contributed by atoms with Gasteiger partial charge in [-0.3, -0.25) is 28.0 Å². The zero-order chi connectivity index (χ0) is 33.7. The SMILES string of the molecule is C#C[C@]1(COP(=O)(S)O[C@@H]2[C@@H](F)[C@@H](CCO)O[C@H]2n2nnc3c(=O)[nH]c(N)nc32)O[C@@H](n2cnc3c(N)ncnc32)C[C@@H]1O[PH](=O)S. The monoisotopic (exact) mass is 733 g/mol. The van der Waals surface area contributed by atoms with Crippen molar-refractivity contribution in [3.05, 3.63) is 23.0 Å². The minimum Gasteiger partial charge on any atom is -0.396 e. The molecule has 20 nitrogen and oxygen atoms in total. The standard InChI is InChI=1S/C22H26FN11O9P2S2/c1-2-22(10(42-44(37)46)5-11(41-22)33-8-28-13-16(24)26-7-27-17(13)33)6-39-45(38,47)43-15-12(23)9(3-4-35)40-20(15)34-18-14(31-32-34)19(36)30-21(25)29-18/h1,7-12,15,20,35,44H,3-6H2,(H,37,46)(H,38,47)(H2,24,26,27)(H3,25,29,30,36)/t9-,10+,11-,12+,15-,20-,22-,45?/m1/s1. The van der Waals surface area contributed by atoms with Gasteiger partial charge >= 0.3 is 6.80 Å². The van der Waals surface area contributed by atoms with E-state index in [-0.39, 0.29) is 41.3 Å². The van der Waals surface area contributed by atoms with Crippen LogP contribution in [0.1, 0.15) is 25.3 Å². The maximum Gasteiger partial charge on any atom is 0.386 e. The molecule has 252 valence electrons. The van der Waals surface area contributed by atoms with Crippen LogP contribution in [-0.2, 0) is 32.2 Å². The number of nitrogens with one attached hydrogen (secondary N) is 1. The second kappa shape index (κ2) is 13.0. The van der Waals surface area contributed by atoms with Crippen LogP contribution >= 0.6 is 38.5 Å². The fourth-order valence-electron chi connectivity index (χ4n) is 5.30. The molecule has 0 aromatic carbocycles. The zero-order valence-electron chi connectivity index (χ0n) is 23.7. The Morgan fingerprint density at radius 3 is 2.83 bits per heavy atom. The molecular weight excluding hydrogens is 707 g/mol. The number of terminal acetylenes is 1. The smallest absolute Gasteiger partial charge is 0.386 e. The Labute approximate surface area is 273 Å². The van der Waals surface area contributed by atoms with E-state index in [0.29, 0.717) is 5.65 Å². The summed E-state index contributed by atoms with van der Waals surface area (Å²) in [6, 6.07) is 0. The molecule has 6 N–H and O–H groups in total. The minimum absolute atomic E-state index is 0.0137. The molecule has 2 aliphatic rings. The molecule has 2 fully saturated rings. The van der Waals surface area contributed by atoms with Crippen molar-refractivity contribution in [3.8, 4) is 12.3 Å². The lowest BCUT2D eigenvalue weighted by Gasteiger charge is -2.30. The highest BCUT2D eigenvalue weighted by molar-refractivity contribution is 8.44. The minimum atomic E-state index is -4.58. The average molecular weight is 734 g/mol. The number of H-pyrrole nitrogens is 1. The largest absolute Gasteiger partial charge is 0.396 e. The molecule has 6 heterocycles. The summed E-state index contributed by atoms with van der Waals surface area (Å²) >= 11 is 7.91. The number of halogens is 1. The van der Waals surface area contributed by atoms with Crippen molar-refractivity contribution in [2.45, 2.75) is 55.4 Å². The summed E-state index contributed by atoms with van der Waals surface area (Å²) in [7, 11) is -2.90. The van der Waals surface area contributed by atoms with Crippen LogP contribution < -0.4 is 17.0 Å². The molecule has 4 aromatic heterocycles. The Hall–Kier alpha value is -3.16. The highest BCUT2D eigenvalue weighted by atomic mass is 32.7. The van der Waals surface area contributed by atoms with Crippen molar-refractivity contribution in [2.24, 2.45) is 0 Å². The van der Waals surface area contributed by atoms with Gasteiger partial charge in [0, 0.05) is 13.0 Å². The van der Waals surface area contributed by atoms with E-state index in [1.807, 2.05) is 0 Å². The molecule has 6 rings (SSSR count). The van der Waals surface area contributed by atoms with Crippen LogP contribution in [0.4, 0.5) is 16.2 Å². The first-order valence-corrected chi connectivity index (χ1v) is 18.8. The molecular formula is C22H26FN11O9P2S2. The lowest BCUT2D eigenvalue weighted by atomic mass is 9.99. The third-order valence-corrected chi connectivity index (χ3v) is 9.83. The molecule has 0 saturated carbocycles. The van der Waals surface area contributed by atoms with Gasteiger partial charge in [0.15, 0.2) is 40.6 Å². The predicted molar refractivity (Wildman–Crippen MR) is 167 cm³/mol. The third kappa shape index (κ3) is 6.38. The van der Waals surface area contributed by atoms with E-state index in [2.05, 4.69) is 65.6 Å². The first-order valence-electron chi connectivity index (χ1n) is 13.5. The van der Waals surface area contributed by atoms with Crippen LogP contribution in [0.25, 0.3) is 22.3 Å². The summed E-state index contributed by atoms with van der Waals surface area (Å²) in [5, 5.41) is 17.0. The zero-order valence-corrected chi connectivity index (χ0v) is 27.4. The van der Waals surface area contributed by atoms with E-state index >= 15 is 4.39 Å². The second-order valence-electron chi connectivity index (χ2n) is 10.3. The average Bonchev–Trinajstić information content (AvgIpc) is 3.78. The Balaban J connectivity index is 1.26. The molecule has 47 heavy (non-hydrogen) atoms. The number of nitrogen functional groups attached to an aromatic ring is 2. The van der Waals surface area contributed by atoms with E-state index in [1.165, 1.54) is 17.2 Å². The van der Waals surface area contributed by atoms with Gasteiger partial charge < -0.3 is 30.6 Å². The van der Waals surface area contributed by atoms with Crippen LogP contribution in [0.3, 0.4) is 0 Å². The number of aromatic amines is 1. The molecule has 2 saturated heterocycles. The van der Waals surface area contributed by atoms with Gasteiger partial charge in [0.25, 0.3) is 5.56 Å². The molecule has 0 radical (unpaired) electrons. The highest BCUT2D eigenvalue weighted by Crippen LogP contribution is 2.58. The first-order chi connectivity index (χ1) is 22.4. The molecule has 0 amide bonds. The Bertz CT molecular complexity index is 1990. The lowest BCUT2D eigenvalue weighted by Crippen LogP contribution is -2.43. The summed E-state index contributed by atoms with van der Waals surface area (Å²) in [5.74, 6) is 2.24. The van der Waals surface area contributed by atoms with E-state index < -0.39 is 75.3 Å². The number of hydrogen-bond acceptors (Lipinski definition) is 17. The number of nitrogens with two attached hydrogens (primary N) is 2. The number of fused-ring (bicyclic) bond motifs is 2. The highest BCUT2D eigenvalue weighted by Gasteiger charge is 2.54. The van der Waals surface area contributed by atoms with Gasteiger partial charge in [-0.1, -0.05) is 35.6 Å². The van der Waals surface area contributed by atoms with Gasteiger partial charge in [0.1, 0.15) is 36.9 Å². The number of ether oxygens (including phenoxy) is 2. The molecule has 2 aliphatic heterocycles. The first kappa shape index (κ1) is 33.7. The lowest BCUT2D eigenvalue weighted by molar-refractivity contribution is -0.0822. The van der Waals surface area contributed by atoms with E-state index in [9.17, 15) is 19.0 Å². The topological polar surface area (TPSA) is 273 Å². The third-order valence-electron chi connectivity index (χ3n) is 7.44. The van der Waals surface area contributed by atoms with Crippen LogP contribution in [0.5, 0.6) is 0 Å².